The molecule has 3 nitrogen and oxygen atoms in total. The van der Waals surface area contributed by atoms with Crippen molar-refractivity contribution in [3.63, 3.8) is 0 Å². The average Bonchev–Trinajstić information content (AvgIpc) is 2.86. The van der Waals surface area contributed by atoms with E-state index in [1.165, 1.54) is 19.3 Å². The van der Waals surface area contributed by atoms with Crippen LogP contribution in [0.2, 0.25) is 0 Å². The number of hydrogen-bond acceptors (Lipinski definition) is 3. The molecule has 18 heavy (non-hydrogen) atoms. The predicted octanol–water partition coefficient (Wildman–Crippen LogP) is 2.70. The molecule has 1 aliphatic heterocycles. The van der Waals surface area contributed by atoms with E-state index in [0.717, 1.165) is 28.9 Å². The number of rotatable bonds is 2. The van der Waals surface area contributed by atoms with Crippen LogP contribution in [0.4, 0.5) is 5.69 Å². The Balaban J connectivity index is 1.95. The topological polar surface area (TPSA) is 32.7 Å². The Morgan fingerprint density at radius 1 is 1.39 bits per heavy atom. The van der Waals surface area contributed by atoms with Crippen molar-refractivity contribution in [1.29, 1.82) is 0 Å². The molecular weight excluding hydrogens is 294 g/mol. The maximum atomic E-state index is 9.51. The molecule has 1 saturated heterocycles. The fourth-order valence-electron chi connectivity index (χ4n) is 3.16. The molecular formula is C14H18BrNO2. The molecule has 0 bridgehead atoms. The number of hydrogen-bond donors (Lipinski definition) is 1. The minimum atomic E-state index is 0.0946. The average molecular weight is 312 g/mol. The minimum absolute atomic E-state index is 0.0946. The molecule has 1 aromatic rings. The van der Waals surface area contributed by atoms with Crippen molar-refractivity contribution in [2.24, 2.45) is 0 Å². The molecule has 0 aromatic heterocycles. The summed E-state index contributed by atoms with van der Waals surface area (Å²) in [7, 11) is 0. The number of morpholine rings is 1. The molecule has 2 aliphatic rings. The quantitative estimate of drug-likeness (QED) is 0.911. The lowest BCUT2D eigenvalue weighted by molar-refractivity contribution is 0.0255. The third-order valence-corrected chi connectivity index (χ3v) is 4.50. The minimum Gasteiger partial charge on any atom is -0.392 e. The van der Waals surface area contributed by atoms with Gasteiger partial charge in [0.2, 0.25) is 0 Å². The normalized spacial score (nSPS) is 27.3. The van der Waals surface area contributed by atoms with Crippen LogP contribution < -0.4 is 4.90 Å². The molecule has 98 valence electrons. The Kier molecular flexibility index (Phi) is 3.59. The maximum Gasteiger partial charge on any atom is 0.0779 e. The highest BCUT2D eigenvalue weighted by Gasteiger charge is 2.36. The van der Waals surface area contributed by atoms with Crippen LogP contribution in [0.1, 0.15) is 24.8 Å². The molecule has 0 amide bonds. The van der Waals surface area contributed by atoms with Gasteiger partial charge in [-0.2, -0.15) is 0 Å². The third kappa shape index (κ3) is 2.17. The van der Waals surface area contributed by atoms with Crippen molar-refractivity contribution in [2.75, 3.05) is 18.1 Å². The number of fused-ring (bicyclic) bond motifs is 1. The Morgan fingerprint density at radius 3 is 3.11 bits per heavy atom. The number of benzene rings is 1. The van der Waals surface area contributed by atoms with Gasteiger partial charge in [0.05, 0.1) is 25.4 Å². The van der Waals surface area contributed by atoms with E-state index in [9.17, 15) is 5.11 Å². The second kappa shape index (κ2) is 5.19. The Morgan fingerprint density at radius 2 is 2.28 bits per heavy atom. The molecule has 2 fully saturated rings. The number of nitrogens with zero attached hydrogens (tertiary/aromatic N) is 1. The van der Waals surface area contributed by atoms with Gasteiger partial charge in [0, 0.05) is 22.3 Å². The fraction of sp³-hybridized carbons (Fsp3) is 0.571. The standard InChI is InChI=1S/C14H18BrNO2/c15-11-5-4-10(9-17)13(8-11)16-6-7-18-14-3-1-2-12(14)16/h4-5,8,12,14,17H,1-3,6-7,9H2. The second-order valence-electron chi connectivity index (χ2n) is 5.03. The van der Waals surface area contributed by atoms with E-state index in [1.807, 2.05) is 12.1 Å². The molecule has 3 rings (SSSR count). The highest BCUT2D eigenvalue weighted by atomic mass is 79.9. The second-order valence-corrected chi connectivity index (χ2v) is 5.95. The van der Waals surface area contributed by atoms with Gasteiger partial charge in [0.15, 0.2) is 0 Å². The highest BCUT2D eigenvalue weighted by molar-refractivity contribution is 9.10. The first-order valence-electron chi connectivity index (χ1n) is 6.57. The monoisotopic (exact) mass is 311 g/mol. The van der Waals surface area contributed by atoms with Gasteiger partial charge in [-0.15, -0.1) is 0 Å². The summed E-state index contributed by atoms with van der Waals surface area (Å²) in [5.41, 5.74) is 2.16. The Hall–Kier alpha value is -0.580. The van der Waals surface area contributed by atoms with Crippen LogP contribution in [0.3, 0.4) is 0 Å². The highest BCUT2D eigenvalue weighted by Crippen LogP contribution is 2.35. The zero-order valence-corrected chi connectivity index (χ0v) is 11.9. The summed E-state index contributed by atoms with van der Waals surface area (Å²) >= 11 is 3.53. The van der Waals surface area contributed by atoms with E-state index in [4.69, 9.17) is 4.74 Å². The van der Waals surface area contributed by atoms with Gasteiger partial charge in [0.25, 0.3) is 0 Å². The molecule has 1 aliphatic carbocycles. The number of ether oxygens (including phenoxy) is 1. The van der Waals surface area contributed by atoms with Gasteiger partial charge in [-0.3, -0.25) is 0 Å². The summed E-state index contributed by atoms with van der Waals surface area (Å²) in [6, 6.07) is 6.59. The molecule has 2 atom stereocenters. The zero-order valence-electron chi connectivity index (χ0n) is 10.3. The van der Waals surface area contributed by atoms with Crippen molar-refractivity contribution in [2.45, 2.75) is 38.0 Å². The van der Waals surface area contributed by atoms with Gasteiger partial charge >= 0.3 is 0 Å². The molecule has 0 radical (unpaired) electrons. The number of anilines is 1. The smallest absolute Gasteiger partial charge is 0.0779 e. The number of aliphatic hydroxyl groups excluding tert-OH is 1. The van der Waals surface area contributed by atoms with E-state index < -0.39 is 0 Å². The van der Waals surface area contributed by atoms with Crippen LogP contribution in [0.5, 0.6) is 0 Å². The van der Waals surface area contributed by atoms with Crippen molar-refractivity contribution in [3.05, 3.63) is 28.2 Å². The maximum absolute atomic E-state index is 9.51. The lowest BCUT2D eigenvalue weighted by atomic mass is 10.1. The van der Waals surface area contributed by atoms with Gasteiger partial charge in [-0.1, -0.05) is 22.0 Å². The summed E-state index contributed by atoms with van der Waals surface area (Å²) in [4.78, 5) is 2.43. The predicted molar refractivity (Wildman–Crippen MR) is 74.8 cm³/mol. The molecule has 0 spiro atoms. The summed E-state index contributed by atoms with van der Waals surface area (Å²) in [5.74, 6) is 0. The molecule has 4 heteroatoms. The summed E-state index contributed by atoms with van der Waals surface area (Å²) in [6.45, 7) is 1.81. The summed E-state index contributed by atoms with van der Waals surface area (Å²) in [6.07, 6.45) is 3.99. The molecule has 1 N–H and O–H groups in total. The first-order chi connectivity index (χ1) is 8.79. The Bertz CT molecular complexity index is 438. The van der Waals surface area contributed by atoms with Crippen molar-refractivity contribution >= 4 is 21.6 Å². The van der Waals surface area contributed by atoms with E-state index in [-0.39, 0.29) is 6.61 Å². The van der Waals surface area contributed by atoms with Gasteiger partial charge in [-0.05, 0) is 31.4 Å². The van der Waals surface area contributed by atoms with Gasteiger partial charge in [0.1, 0.15) is 0 Å². The third-order valence-electron chi connectivity index (χ3n) is 4.01. The van der Waals surface area contributed by atoms with Crippen LogP contribution in [0, 0.1) is 0 Å². The van der Waals surface area contributed by atoms with Crippen molar-refractivity contribution in [3.8, 4) is 0 Å². The molecule has 1 aromatic carbocycles. The first-order valence-corrected chi connectivity index (χ1v) is 7.36. The van der Waals surface area contributed by atoms with E-state index in [1.54, 1.807) is 0 Å². The van der Waals surface area contributed by atoms with Gasteiger partial charge in [-0.25, -0.2) is 0 Å². The molecule has 1 heterocycles. The van der Waals surface area contributed by atoms with Crippen LogP contribution in [0.25, 0.3) is 0 Å². The van der Waals surface area contributed by atoms with Crippen LogP contribution in [-0.2, 0) is 11.3 Å². The zero-order chi connectivity index (χ0) is 12.5. The van der Waals surface area contributed by atoms with Gasteiger partial charge < -0.3 is 14.7 Å². The van der Waals surface area contributed by atoms with Crippen molar-refractivity contribution in [1.82, 2.24) is 0 Å². The first kappa shape index (κ1) is 12.5. The van der Waals surface area contributed by atoms with E-state index >= 15 is 0 Å². The van der Waals surface area contributed by atoms with Crippen LogP contribution >= 0.6 is 15.9 Å². The molecule has 1 saturated carbocycles. The fourth-order valence-corrected chi connectivity index (χ4v) is 3.51. The lowest BCUT2D eigenvalue weighted by Gasteiger charge is -2.40. The summed E-state index contributed by atoms with van der Waals surface area (Å²) < 4.78 is 6.91. The van der Waals surface area contributed by atoms with E-state index in [2.05, 4.69) is 26.9 Å². The van der Waals surface area contributed by atoms with E-state index in [0.29, 0.717) is 12.1 Å². The largest absolute Gasteiger partial charge is 0.392 e. The van der Waals surface area contributed by atoms with Crippen LogP contribution in [0.15, 0.2) is 22.7 Å². The number of halogens is 1. The SMILES string of the molecule is OCc1ccc(Br)cc1N1CCOC2CCCC21. The Labute approximate surface area is 116 Å². The van der Waals surface area contributed by atoms with Crippen LogP contribution in [-0.4, -0.2) is 30.4 Å². The summed E-state index contributed by atoms with van der Waals surface area (Å²) in [5, 5.41) is 9.51. The number of aliphatic hydroxyl groups is 1. The molecule has 2 unspecified atom stereocenters. The van der Waals surface area contributed by atoms with Crippen molar-refractivity contribution < 1.29 is 9.84 Å². The lowest BCUT2D eigenvalue weighted by Crippen LogP contribution is -2.49.